The lowest BCUT2D eigenvalue weighted by molar-refractivity contribution is 0.0951. The van der Waals surface area contributed by atoms with Crippen LogP contribution in [0, 0.1) is 5.92 Å². The van der Waals surface area contributed by atoms with Gasteiger partial charge < -0.3 is 4.74 Å². The Bertz CT molecular complexity index is 712. The van der Waals surface area contributed by atoms with E-state index in [2.05, 4.69) is 26.5 Å². The van der Waals surface area contributed by atoms with Crippen LogP contribution in [0.15, 0.2) is 58.1 Å². The molecule has 0 fully saturated rings. The molecule has 0 heterocycles. The summed E-state index contributed by atoms with van der Waals surface area (Å²) in [4.78, 5) is 12.4. The van der Waals surface area contributed by atoms with Gasteiger partial charge in [-0.15, -0.1) is 0 Å². The van der Waals surface area contributed by atoms with Crippen LogP contribution in [0.3, 0.4) is 0 Å². The molecule has 2 rings (SSSR count). The van der Waals surface area contributed by atoms with Gasteiger partial charge in [-0.25, -0.2) is 5.43 Å². The second kappa shape index (κ2) is 7.92. The number of carbonyl (C=O) groups excluding carboxylic acids is 1. The highest BCUT2D eigenvalue weighted by atomic mass is 79.9. The Morgan fingerprint density at radius 2 is 1.87 bits per heavy atom. The lowest BCUT2D eigenvalue weighted by Crippen LogP contribution is -2.22. The largest absolute Gasteiger partial charge is 0.496 e. The number of halogens is 1. The summed E-state index contributed by atoms with van der Waals surface area (Å²) in [6.45, 7) is 4.08. The molecule has 2 aromatic rings. The van der Waals surface area contributed by atoms with Crippen LogP contribution >= 0.6 is 15.9 Å². The molecule has 1 amide bonds. The molecule has 5 heteroatoms. The van der Waals surface area contributed by atoms with E-state index in [0.717, 1.165) is 15.7 Å². The predicted molar refractivity (Wildman–Crippen MR) is 96.0 cm³/mol. The van der Waals surface area contributed by atoms with Crippen LogP contribution in [-0.2, 0) is 0 Å². The second-order valence-corrected chi connectivity index (χ2v) is 6.22. The quantitative estimate of drug-likeness (QED) is 0.628. The molecule has 23 heavy (non-hydrogen) atoms. The Morgan fingerprint density at radius 3 is 2.48 bits per heavy atom. The Balaban J connectivity index is 2.27. The normalized spacial score (nSPS) is 11.4. The first-order valence-electron chi connectivity index (χ1n) is 7.29. The first-order chi connectivity index (χ1) is 11.0. The third kappa shape index (κ3) is 4.42. The maximum Gasteiger partial charge on any atom is 0.275 e. The van der Waals surface area contributed by atoms with Gasteiger partial charge in [0.25, 0.3) is 5.91 Å². The van der Waals surface area contributed by atoms with Gasteiger partial charge in [0.1, 0.15) is 5.75 Å². The van der Waals surface area contributed by atoms with Gasteiger partial charge in [-0.2, -0.15) is 5.10 Å². The van der Waals surface area contributed by atoms with E-state index in [9.17, 15) is 4.79 Å². The number of ether oxygens (including phenoxy) is 1. The molecule has 4 nitrogen and oxygen atoms in total. The van der Waals surface area contributed by atoms with Crippen molar-refractivity contribution < 1.29 is 9.53 Å². The highest BCUT2D eigenvalue weighted by molar-refractivity contribution is 9.10. The first-order valence-corrected chi connectivity index (χ1v) is 8.09. The van der Waals surface area contributed by atoms with Crippen molar-refractivity contribution in [2.75, 3.05) is 7.11 Å². The van der Waals surface area contributed by atoms with Gasteiger partial charge in [0, 0.05) is 4.47 Å². The molecule has 0 atom stereocenters. The van der Waals surface area contributed by atoms with Gasteiger partial charge in [-0.05, 0) is 29.7 Å². The Kier molecular flexibility index (Phi) is 5.93. The molecule has 0 aliphatic heterocycles. The Hall–Kier alpha value is -2.14. The zero-order valence-electron chi connectivity index (χ0n) is 13.3. The molecular weight excluding hydrogens is 356 g/mol. The Labute approximate surface area is 144 Å². The van der Waals surface area contributed by atoms with E-state index >= 15 is 0 Å². The first kappa shape index (κ1) is 17.2. The number of nitrogens with zero attached hydrogens (tertiary/aromatic N) is 1. The number of benzene rings is 2. The zero-order chi connectivity index (χ0) is 16.8. The van der Waals surface area contributed by atoms with Crippen molar-refractivity contribution in [3.8, 4) is 5.75 Å². The van der Waals surface area contributed by atoms with Crippen LogP contribution in [0.25, 0.3) is 0 Å². The van der Waals surface area contributed by atoms with Crippen LogP contribution < -0.4 is 10.2 Å². The summed E-state index contributed by atoms with van der Waals surface area (Å²) < 4.78 is 6.04. The minimum atomic E-state index is -0.308. The minimum absolute atomic E-state index is 0.183. The van der Waals surface area contributed by atoms with Gasteiger partial charge in [0.2, 0.25) is 0 Å². The third-order valence-electron chi connectivity index (χ3n) is 3.30. The maximum absolute atomic E-state index is 12.4. The summed E-state index contributed by atoms with van der Waals surface area (Å²) in [6, 6.07) is 15.1. The molecular formula is C18H19BrN2O2. The summed E-state index contributed by atoms with van der Waals surface area (Å²) in [5, 5.41) is 4.32. The van der Waals surface area contributed by atoms with Gasteiger partial charge in [0.15, 0.2) is 0 Å². The lowest BCUT2D eigenvalue weighted by atomic mass is 10.0. The molecule has 0 spiro atoms. The average Bonchev–Trinajstić information content (AvgIpc) is 2.55. The molecule has 0 aromatic heterocycles. The average molecular weight is 375 g/mol. The lowest BCUT2D eigenvalue weighted by Gasteiger charge is -2.12. The highest BCUT2D eigenvalue weighted by Gasteiger charge is 2.14. The maximum atomic E-state index is 12.4. The summed E-state index contributed by atoms with van der Waals surface area (Å²) in [5.74, 6) is 0.381. The fourth-order valence-electron chi connectivity index (χ4n) is 2.16. The molecule has 120 valence electrons. The van der Waals surface area contributed by atoms with Crippen molar-refractivity contribution in [2.45, 2.75) is 13.8 Å². The minimum Gasteiger partial charge on any atom is -0.496 e. The molecule has 0 aliphatic carbocycles. The Morgan fingerprint density at radius 1 is 1.17 bits per heavy atom. The van der Waals surface area contributed by atoms with Crippen LogP contribution in [0.1, 0.15) is 29.8 Å². The molecule has 0 radical (unpaired) electrons. The van der Waals surface area contributed by atoms with E-state index in [-0.39, 0.29) is 11.8 Å². The standard InChI is InChI=1S/C18H19BrN2O2/c1-12(2)17(13-7-5-4-6-8-13)20-21-18(22)15-11-14(19)9-10-16(15)23-3/h4-12H,1-3H3,(H,21,22)/b20-17-. The smallest absolute Gasteiger partial charge is 0.275 e. The second-order valence-electron chi connectivity index (χ2n) is 5.30. The molecule has 2 aromatic carbocycles. The van der Waals surface area contributed by atoms with Gasteiger partial charge in [-0.1, -0.05) is 60.1 Å². The van der Waals surface area contributed by atoms with Crippen LogP contribution in [-0.4, -0.2) is 18.7 Å². The van der Waals surface area contributed by atoms with Crippen molar-refractivity contribution in [1.29, 1.82) is 0 Å². The molecule has 0 saturated heterocycles. The van der Waals surface area contributed by atoms with Crippen molar-refractivity contribution >= 4 is 27.5 Å². The fourth-order valence-corrected chi connectivity index (χ4v) is 2.53. The number of rotatable bonds is 5. The number of hydrogen-bond donors (Lipinski definition) is 1. The summed E-state index contributed by atoms with van der Waals surface area (Å²) in [5.41, 5.74) is 4.88. The predicted octanol–water partition coefficient (Wildman–Crippen LogP) is 4.25. The van der Waals surface area contributed by atoms with E-state index in [1.807, 2.05) is 50.2 Å². The topological polar surface area (TPSA) is 50.7 Å². The number of amides is 1. The van der Waals surface area contributed by atoms with Gasteiger partial charge in [0.05, 0.1) is 18.4 Å². The fraction of sp³-hybridized carbons (Fsp3) is 0.222. The number of hydrazone groups is 1. The van der Waals surface area contributed by atoms with E-state index in [4.69, 9.17) is 4.74 Å². The third-order valence-corrected chi connectivity index (χ3v) is 3.79. The number of methoxy groups -OCH3 is 1. The summed E-state index contributed by atoms with van der Waals surface area (Å²) >= 11 is 3.36. The zero-order valence-corrected chi connectivity index (χ0v) is 14.9. The van der Waals surface area contributed by atoms with E-state index in [1.165, 1.54) is 7.11 Å². The summed E-state index contributed by atoms with van der Waals surface area (Å²) in [6.07, 6.45) is 0. The highest BCUT2D eigenvalue weighted by Crippen LogP contribution is 2.22. The van der Waals surface area contributed by atoms with Gasteiger partial charge >= 0.3 is 0 Å². The molecule has 1 N–H and O–H groups in total. The monoisotopic (exact) mass is 374 g/mol. The van der Waals surface area contributed by atoms with Crippen LogP contribution in [0.4, 0.5) is 0 Å². The van der Waals surface area contributed by atoms with Crippen molar-refractivity contribution in [3.05, 3.63) is 64.1 Å². The molecule has 0 aliphatic rings. The van der Waals surface area contributed by atoms with E-state index in [1.54, 1.807) is 12.1 Å². The van der Waals surface area contributed by atoms with Crippen molar-refractivity contribution in [3.63, 3.8) is 0 Å². The molecule has 0 saturated carbocycles. The summed E-state index contributed by atoms with van der Waals surface area (Å²) in [7, 11) is 1.53. The van der Waals surface area contributed by atoms with Crippen LogP contribution in [0.2, 0.25) is 0 Å². The molecule has 0 unspecified atom stereocenters. The molecule has 0 bridgehead atoms. The van der Waals surface area contributed by atoms with Crippen LogP contribution in [0.5, 0.6) is 5.75 Å². The van der Waals surface area contributed by atoms with Crippen molar-refractivity contribution in [2.24, 2.45) is 11.0 Å². The number of carbonyl (C=O) groups is 1. The van der Waals surface area contributed by atoms with Crippen molar-refractivity contribution in [1.82, 2.24) is 5.43 Å². The SMILES string of the molecule is COc1ccc(Br)cc1C(=O)N/N=C(\c1ccccc1)C(C)C. The van der Waals surface area contributed by atoms with E-state index in [0.29, 0.717) is 11.3 Å². The van der Waals surface area contributed by atoms with E-state index < -0.39 is 0 Å². The number of hydrogen-bond acceptors (Lipinski definition) is 3. The number of nitrogens with one attached hydrogen (secondary N) is 1. The van der Waals surface area contributed by atoms with Gasteiger partial charge in [-0.3, -0.25) is 4.79 Å².